The number of rotatable bonds is 2. The number of halogens is 4. The third kappa shape index (κ3) is 2.01. The number of hydrogen-bond donors (Lipinski definition) is 0. The summed E-state index contributed by atoms with van der Waals surface area (Å²) in [6.07, 6.45) is 0. The molecule has 0 N–H and O–H groups in total. The van der Waals surface area contributed by atoms with E-state index in [9.17, 15) is 27.2 Å². The Labute approximate surface area is 98.1 Å². The number of carbonyl (C=O) groups is 2. The van der Waals surface area contributed by atoms with Crippen LogP contribution < -0.4 is 0 Å². The molecule has 8 heteroatoms. The standard InChI is InChI=1S/C10H6F4O4/c1-17-9(15)3-5(11)4(10(16)18-2)7(13)8(14)6(3)12/h1-2H3. The van der Waals surface area contributed by atoms with Crippen LogP contribution in [0.5, 0.6) is 0 Å². The van der Waals surface area contributed by atoms with E-state index in [1.165, 1.54) is 0 Å². The van der Waals surface area contributed by atoms with E-state index in [1.54, 1.807) is 0 Å². The largest absolute Gasteiger partial charge is 0.465 e. The van der Waals surface area contributed by atoms with Crippen LogP contribution in [-0.2, 0) is 9.47 Å². The molecular formula is C10H6F4O4. The second-order valence-electron chi connectivity index (χ2n) is 2.99. The fourth-order valence-corrected chi connectivity index (χ4v) is 1.20. The lowest BCUT2D eigenvalue weighted by Crippen LogP contribution is -2.18. The Balaban J connectivity index is 3.70. The zero-order valence-electron chi connectivity index (χ0n) is 9.14. The molecule has 0 heterocycles. The zero-order valence-corrected chi connectivity index (χ0v) is 9.14. The summed E-state index contributed by atoms with van der Waals surface area (Å²) in [5.41, 5.74) is -3.01. The first-order chi connectivity index (χ1) is 8.36. The molecule has 0 aliphatic heterocycles. The van der Waals surface area contributed by atoms with Gasteiger partial charge in [0.15, 0.2) is 23.3 Å². The van der Waals surface area contributed by atoms with Gasteiger partial charge in [-0.15, -0.1) is 0 Å². The van der Waals surface area contributed by atoms with Gasteiger partial charge in [-0.1, -0.05) is 0 Å². The zero-order chi connectivity index (χ0) is 14.0. The summed E-state index contributed by atoms with van der Waals surface area (Å²) in [6, 6.07) is 0. The lowest BCUT2D eigenvalue weighted by atomic mass is 10.1. The third-order valence-electron chi connectivity index (χ3n) is 2.04. The molecule has 4 nitrogen and oxygen atoms in total. The molecule has 1 aromatic rings. The Bertz CT molecular complexity index is 484. The van der Waals surface area contributed by atoms with Gasteiger partial charge in [0, 0.05) is 0 Å². The maximum absolute atomic E-state index is 13.6. The van der Waals surface area contributed by atoms with Crippen LogP contribution in [0.1, 0.15) is 20.7 Å². The van der Waals surface area contributed by atoms with Crippen LogP contribution in [-0.4, -0.2) is 26.2 Å². The molecule has 0 aromatic heterocycles. The molecule has 98 valence electrons. The van der Waals surface area contributed by atoms with Gasteiger partial charge in [0.1, 0.15) is 11.1 Å². The van der Waals surface area contributed by atoms with Crippen molar-refractivity contribution in [3.05, 3.63) is 34.4 Å². The van der Waals surface area contributed by atoms with Gasteiger partial charge < -0.3 is 9.47 Å². The number of esters is 2. The lowest BCUT2D eigenvalue weighted by Gasteiger charge is -2.09. The van der Waals surface area contributed by atoms with Crippen molar-refractivity contribution in [1.29, 1.82) is 0 Å². The maximum Gasteiger partial charge on any atom is 0.344 e. The Morgan fingerprint density at radius 1 is 0.722 bits per heavy atom. The molecular weight excluding hydrogens is 260 g/mol. The summed E-state index contributed by atoms with van der Waals surface area (Å²) >= 11 is 0. The van der Waals surface area contributed by atoms with Crippen molar-refractivity contribution in [2.75, 3.05) is 14.2 Å². The van der Waals surface area contributed by atoms with Crippen molar-refractivity contribution in [2.24, 2.45) is 0 Å². The average Bonchev–Trinajstić information content (AvgIpc) is 2.35. The van der Waals surface area contributed by atoms with Crippen LogP contribution in [0.25, 0.3) is 0 Å². The highest BCUT2D eigenvalue weighted by Gasteiger charge is 2.33. The molecule has 0 spiro atoms. The molecule has 0 aliphatic rings. The van der Waals surface area contributed by atoms with Crippen LogP contribution in [0, 0.1) is 23.3 Å². The van der Waals surface area contributed by atoms with Gasteiger partial charge in [-0.3, -0.25) is 0 Å². The van der Waals surface area contributed by atoms with Gasteiger partial charge >= 0.3 is 11.9 Å². The number of ether oxygens (including phenoxy) is 2. The molecule has 1 rings (SSSR count). The molecule has 0 saturated carbocycles. The Hall–Kier alpha value is -2.12. The van der Waals surface area contributed by atoms with Crippen molar-refractivity contribution in [3.63, 3.8) is 0 Å². The van der Waals surface area contributed by atoms with Crippen LogP contribution >= 0.6 is 0 Å². The summed E-state index contributed by atoms with van der Waals surface area (Å²) in [5.74, 6) is -11.4. The molecule has 0 radical (unpaired) electrons. The SMILES string of the molecule is COC(=O)c1c(F)c(F)c(F)c(C(=O)OC)c1F. The summed E-state index contributed by atoms with van der Waals surface area (Å²) < 4.78 is 61.1. The highest BCUT2D eigenvalue weighted by molar-refractivity contribution is 5.96. The number of benzene rings is 1. The second kappa shape index (κ2) is 5.03. The van der Waals surface area contributed by atoms with E-state index >= 15 is 0 Å². The van der Waals surface area contributed by atoms with Crippen LogP contribution in [0.4, 0.5) is 17.6 Å². The second-order valence-corrected chi connectivity index (χ2v) is 2.99. The predicted molar refractivity (Wildman–Crippen MR) is 49.0 cm³/mol. The molecule has 0 atom stereocenters. The highest BCUT2D eigenvalue weighted by Crippen LogP contribution is 2.25. The molecule has 0 bridgehead atoms. The molecule has 0 saturated heterocycles. The molecule has 0 aliphatic carbocycles. The number of hydrogen-bond acceptors (Lipinski definition) is 4. The number of methoxy groups -OCH3 is 2. The minimum absolute atomic E-state index is 0.778. The third-order valence-corrected chi connectivity index (χ3v) is 2.04. The highest BCUT2D eigenvalue weighted by atomic mass is 19.2. The topological polar surface area (TPSA) is 52.6 Å². The summed E-state index contributed by atoms with van der Waals surface area (Å²) in [6.45, 7) is 0. The van der Waals surface area contributed by atoms with Gasteiger partial charge in [-0.05, 0) is 0 Å². The van der Waals surface area contributed by atoms with Crippen LogP contribution in [0.3, 0.4) is 0 Å². The predicted octanol–water partition coefficient (Wildman–Crippen LogP) is 1.82. The monoisotopic (exact) mass is 266 g/mol. The minimum Gasteiger partial charge on any atom is -0.465 e. The Kier molecular flexibility index (Phi) is 3.89. The average molecular weight is 266 g/mol. The molecule has 0 fully saturated rings. The van der Waals surface area contributed by atoms with Gasteiger partial charge in [0.2, 0.25) is 0 Å². The minimum atomic E-state index is -2.17. The van der Waals surface area contributed by atoms with Crippen molar-refractivity contribution < 1.29 is 36.6 Å². The van der Waals surface area contributed by atoms with Crippen LogP contribution in [0.2, 0.25) is 0 Å². The molecule has 0 unspecified atom stereocenters. The van der Waals surface area contributed by atoms with E-state index in [0.717, 1.165) is 14.2 Å². The smallest absolute Gasteiger partial charge is 0.344 e. The van der Waals surface area contributed by atoms with Crippen molar-refractivity contribution in [3.8, 4) is 0 Å². The summed E-state index contributed by atoms with van der Waals surface area (Å²) in [5, 5.41) is 0. The van der Waals surface area contributed by atoms with E-state index < -0.39 is 46.3 Å². The van der Waals surface area contributed by atoms with E-state index in [4.69, 9.17) is 0 Å². The van der Waals surface area contributed by atoms with E-state index in [1.807, 2.05) is 0 Å². The summed E-state index contributed by atoms with van der Waals surface area (Å²) in [4.78, 5) is 22.1. The van der Waals surface area contributed by atoms with Crippen molar-refractivity contribution >= 4 is 11.9 Å². The van der Waals surface area contributed by atoms with E-state index in [0.29, 0.717) is 0 Å². The maximum atomic E-state index is 13.6. The fourth-order valence-electron chi connectivity index (χ4n) is 1.20. The molecule has 18 heavy (non-hydrogen) atoms. The van der Waals surface area contributed by atoms with Crippen LogP contribution in [0.15, 0.2) is 0 Å². The summed E-state index contributed by atoms with van der Waals surface area (Å²) in [7, 11) is 1.56. The normalized spacial score (nSPS) is 10.1. The quantitative estimate of drug-likeness (QED) is 0.354. The molecule has 1 aromatic carbocycles. The number of carbonyl (C=O) groups excluding carboxylic acids is 2. The van der Waals surface area contributed by atoms with E-state index in [-0.39, 0.29) is 0 Å². The molecule has 0 amide bonds. The first-order valence-electron chi connectivity index (χ1n) is 4.39. The van der Waals surface area contributed by atoms with Crippen molar-refractivity contribution in [1.82, 2.24) is 0 Å². The van der Waals surface area contributed by atoms with Gasteiger partial charge in [-0.2, -0.15) is 0 Å². The van der Waals surface area contributed by atoms with Gasteiger partial charge in [0.05, 0.1) is 14.2 Å². The van der Waals surface area contributed by atoms with E-state index in [2.05, 4.69) is 9.47 Å². The Morgan fingerprint density at radius 3 is 1.33 bits per heavy atom. The van der Waals surface area contributed by atoms with Gasteiger partial charge in [-0.25, -0.2) is 27.2 Å². The van der Waals surface area contributed by atoms with Gasteiger partial charge in [0.25, 0.3) is 0 Å². The fraction of sp³-hybridized carbons (Fsp3) is 0.200. The lowest BCUT2D eigenvalue weighted by molar-refractivity contribution is 0.0577. The Morgan fingerprint density at radius 2 is 1.06 bits per heavy atom. The first kappa shape index (κ1) is 13.9. The first-order valence-corrected chi connectivity index (χ1v) is 4.39. The van der Waals surface area contributed by atoms with Crippen molar-refractivity contribution in [2.45, 2.75) is 0 Å².